The van der Waals surface area contributed by atoms with E-state index in [4.69, 9.17) is 15.1 Å². The predicted molar refractivity (Wildman–Crippen MR) is 122 cm³/mol. The lowest BCUT2D eigenvalue weighted by Gasteiger charge is -2.20. The normalized spacial score (nSPS) is 13.2. The van der Waals surface area contributed by atoms with Gasteiger partial charge in [0.25, 0.3) is 0 Å². The molecule has 184 valence electrons. The number of nitrogens with one attached hydrogen (secondary N) is 2. The van der Waals surface area contributed by atoms with Crippen molar-refractivity contribution in [3.8, 4) is 17.2 Å². The van der Waals surface area contributed by atoms with Crippen molar-refractivity contribution in [2.24, 2.45) is 0 Å². The summed E-state index contributed by atoms with van der Waals surface area (Å²) < 4.78 is 32.1. The lowest BCUT2D eigenvalue weighted by Crippen LogP contribution is -2.51. The number of nitriles is 1. The van der Waals surface area contributed by atoms with Crippen LogP contribution in [0.2, 0.25) is 0 Å². The lowest BCUT2D eigenvalue weighted by atomic mass is 9.98. The predicted octanol–water partition coefficient (Wildman–Crippen LogP) is 3.81. The van der Waals surface area contributed by atoms with Crippen molar-refractivity contribution >= 4 is 18.0 Å². The summed E-state index contributed by atoms with van der Waals surface area (Å²) in [7, 11) is 0. The summed E-state index contributed by atoms with van der Waals surface area (Å²) in [6.07, 6.45) is 0.201. The van der Waals surface area contributed by atoms with E-state index in [0.29, 0.717) is 12.8 Å². The molecule has 0 aromatic heterocycles. The van der Waals surface area contributed by atoms with Gasteiger partial charge in [0.2, 0.25) is 5.91 Å². The minimum atomic E-state index is -4.15. The second kappa shape index (κ2) is 11.4. The Labute approximate surface area is 200 Å². The molecule has 35 heavy (non-hydrogen) atoms. The summed E-state index contributed by atoms with van der Waals surface area (Å²) in [5.74, 6) is -7.68. The van der Waals surface area contributed by atoms with Crippen molar-refractivity contribution < 1.29 is 33.0 Å². The SMILES string of the molecule is N#CCCCCC(NC(=O)OCC1c2ccccc2-c2ccccc21)C(=O)NCC(F)(F)C(=O)O. The number of halogens is 2. The van der Waals surface area contributed by atoms with Crippen LogP contribution in [0.4, 0.5) is 13.6 Å². The summed E-state index contributed by atoms with van der Waals surface area (Å²) in [6.45, 7) is -1.41. The summed E-state index contributed by atoms with van der Waals surface area (Å²) in [4.78, 5) is 35.5. The summed E-state index contributed by atoms with van der Waals surface area (Å²) >= 11 is 0. The molecule has 8 nitrogen and oxygen atoms in total. The van der Waals surface area contributed by atoms with E-state index >= 15 is 0 Å². The van der Waals surface area contributed by atoms with Crippen molar-refractivity contribution in [2.75, 3.05) is 13.2 Å². The van der Waals surface area contributed by atoms with Crippen molar-refractivity contribution in [1.29, 1.82) is 5.26 Å². The van der Waals surface area contributed by atoms with Gasteiger partial charge in [-0.1, -0.05) is 48.5 Å². The first-order chi connectivity index (χ1) is 16.7. The van der Waals surface area contributed by atoms with Crippen LogP contribution in [0.5, 0.6) is 0 Å². The number of rotatable bonds is 11. The molecule has 3 N–H and O–H groups in total. The maximum atomic E-state index is 13.4. The van der Waals surface area contributed by atoms with Crippen LogP contribution in [0.15, 0.2) is 48.5 Å². The van der Waals surface area contributed by atoms with Gasteiger partial charge in [0.1, 0.15) is 12.6 Å². The van der Waals surface area contributed by atoms with Gasteiger partial charge in [-0.2, -0.15) is 14.0 Å². The molecule has 0 aliphatic heterocycles. The third-order valence-electron chi connectivity index (χ3n) is 5.78. The van der Waals surface area contributed by atoms with E-state index in [9.17, 15) is 23.2 Å². The standard InChI is InChI=1S/C25H25F2N3O5/c26-25(27,23(32)33)15-29-22(31)21(12-2-1-7-13-28)30-24(34)35-14-20-18-10-5-3-8-16(18)17-9-4-6-11-19(17)20/h3-6,8-11,20-21H,1-2,7,12,14-15H2,(H,29,31)(H,30,34)(H,32,33). The summed E-state index contributed by atoms with van der Waals surface area (Å²) in [6, 6.07) is 16.3. The van der Waals surface area contributed by atoms with Crippen molar-refractivity contribution in [2.45, 2.75) is 43.6 Å². The number of carboxylic acids is 1. The molecule has 0 saturated carbocycles. The highest BCUT2D eigenvalue weighted by molar-refractivity contribution is 5.86. The van der Waals surface area contributed by atoms with Crippen LogP contribution in [0.3, 0.4) is 0 Å². The Bertz CT molecular complexity index is 1090. The van der Waals surface area contributed by atoms with Gasteiger partial charge in [0.15, 0.2) is 0 Å². The summed E-state index contributed by atoms with van der Waals surface area (Å²) in [5.41, 5.74) is 4.10. The maximum absolute atomic E-state index is 13.4. The number of aliphatic carboxylic acids is 1. The van der Waals surface area contributed by atoms with Gasteiger partial charge in [-0.05, 0) is 41.5 Å². The Morgan fingerprint density at radius 2 is 1.66 bits per heavy atom. The highest BCUT2D eigenvalue weighted by atomic mass is 19.3. The van der Waals surface area contributed by atoms with Crippen LogP contribution < -0.4 is 10.6 Å². The van der Waals surface area contributed by atoms with E-state index in [1.807, 2.05) is 59.9 Å². The van der Waals surface area contributed by atoms with Crippen LogP contribution in [0.25, 0.3) is 11.1 Å². The fourth-order valence-corrected chi connectivity index (χ4v) is 4.00. The highest BCUT2D eigenvalue weighted by Crippen LogP contribution is 2.44. The molecule has 0 radical (unpaired) electrons. The number of amides is 2. The minimum absolute atomic E-state index is 0.000281. The minimum Gasteiger partial charge on any atom is -0.477 e. The van der Waals surface area contributed by atoms with Crippen LogP contribution >= 0.6 is 0 Å². The molecule has 0 saturated heterocycles. The number of carboxylic acid groups (broad SMARTS) is 1. The van der Waals surface area contributed by atoms with Gasteiger partial charge in [-0.15, -0.1) is 0 Å². The molecule has 2 aromatic rings. The fourth-order valence-electron chi connectivity index (χ4n) is 4.00. The first-order valence-corrected chi connectivity index (χ1v) is 11.1. The second-order valence-corrected chi connectivity index (χ2v) is 8.15. The number of benzene rings is 2. The molecule has 0 fully saturated rings. The van der Waals surface area contributed by atoms with E-state index in [0.717, 1.165) is 22.3 Å². The number of alkyl carbamates (subject to hydrolysis) is 1. The quantitative estimate of drug-likeness (QED) is 0.415. The van der Waals surface area contributed by atoms with E-state index < -0.39 is 36.5 Å². The highest BCUT2D eigenvalue weighted by Gasteiger charge is 2.39. The largest absolute Gasteiger partial charge is 0.477 e. The molecule has 10 heteroatoms. The molecule has 2 aromatic carbocycles. The van der Waals surface area contributed by atoms with Crippen LogP contribution in [-0.4, -0.2) is 48.2 Å². The molecule has 0 spiro atoms. The molecular formula is C25H25F2N3O5. The Morgan fingerprint density at radius 1 is 1.06 bits per heavy atom. The molecule has 1 aliphatic rings. The zero-order chi connectivity index (χ0) is 25.4. The molecule has 1 atom stereocenters. The van der Waals surface area contributed by atoms with Crippen LogP contribution in [-0.2, 0) is 14.3 Å². The number of nitrogens with zero attached hydrogens (tertiary/aromatic N) is 1. The summed E-state index contributed by atoms with van der Waals surface area (Å²) in [5, 5.41) is 21.4. The van der Waals surface area contributed by atoms with Crippen molar-refractivity contribution in [3.05, 3.63) is 59.7 Å². The maximum Gasteiger partial charge on any atom is 0.407 e. The topological polar surface area (TPSA) is 129 Å². The molecule has 2 amide bonds. The van der Waals surface area contributed by atoms with Crippen LogP contribution in [0.1, 0.15) is 42.7 Å². The number of alkyl halides is 2. The first kappa shape index (κ1) is 25.6. The second-order valence-electron chi connectivity index (χ2n) is 8.15. The monoisotopic (exact) mass is 485 g/mol. The van der Waals surface area contributed by atoms with Crippen LogP contribution in [0, 0.1) is 11.3 Å². The van der Waals surface area contributed by atoms with Gasteiger partial charge in [0, 0.05) is 12.3 Å². The van der Waals surface area contributed by atoms with Gasteiger partial charge >= 0.3 is 18.0 Å². The third-order valence-corrected chi connectivity index (χ3v) is 5.78. The van der Waals surface area contributed by atoms with Crippen molar-refractivity contribution in [1.82, 2.24) is 10.6 Å². The fraction of sp³-hybridized carbons (Fsp3) is 0.360. The average molecular weight is 485 g/mol. The zero-order valence-electron chi connectivity index (χ0n) is 18.8. The number of unbranched alkanes of at least 4 members (excludes halogenated alkanes) is 2. The third kappa shape index (κ3) is 6.32. The number of hydrogen-bond acceptors (Lipinski definition) is 5. The van der Waals surface area contributed by atoms with Crippen molar-refractivity contribution in [3.63, 3.8) is 0 Å². The van der Waals surface area contributed by atoms with Gasteiger partial charge in [-0.3, -0.25) is 4.79 Å². The smallest absolute Gasteiger partial charge is 0.407 e. The number of carbonyl (C=O) groups is 3. The molecule has 1 unspecified atom stereocenters. The Hall–Kier alpha value is -4.00. The molecule has 0 bridgehead atoms. The Balaban J connectivity index is 1.63. The number of carbonyl (C=O) groups excluding carboxylic acids is 2. The number of hydrogen-bond donors (Lipinski definition) is 3. The molecule has 3 rings (SSSR count). The average Bonchev–Trinajstić information content (AvgIpc) is 3.17. The molecule has 1 aliphatic carbocycles. The molecular weight excluding hydrogens is 460 g/mol. The molecule has 0 heterocycles. The van der Waals surface area contributed by atoms with E-state index in [1.165, 1.54) is 0 Å². The Kier molecular flexibility index (Phi) is 8.36. The number of ether oxygens (including phenoxy) is 1. The van der Waals surface area contributed by atoms with Gasteiger partial charge in [-0.25, -0.2) is 9.59 Å². The van der Waals surface area contributed by atoms with Gasteiger partial charge in [0.05, 0.1) is 12.6 Å². The lowest BCUT2D eigenvalue weighted by molar-refractivity contribution is -0.164. The van der Waals surface area contributed by atoms with E-state index in [2.05, 4.69) is 5.32 Å². The number of fused-ring (bicyclic) bond motifs is 3. The van der Waals surface area contributed by atoms with Gasteiger partial charge < -0.3 is 20.5 Å². The Morgan fingerprint density at radius 3 is 2.23 bits per heavy atom. The first-order valence-electron chi connectivity index (χ1n) is 11.1. The van der Waals surface area contributed by atoms with E-state index in [-0.39, 0.29) is 25.4 Å². The zero-order valence-corrected chi connectivity index (χ0v) is 18.8. The van der Waals surface area contributed by atoms with E-state index in [1.54, 1.807) is 0 Å².